The molecule has 142 valence electrons. The van der Waals surface area contributed by atoms with Gasteiger partial charge in [0.1, 0.15) is 0 Å². The topological polar surface area (TPSA) is 73.5 Å². The molecule has 2 amide bonds. The van der Waals surface area contributed by atoms with Crippen molar-refractivity contribution in [2.45, 2.75) is 0 Å². The number of hydrogen-bond acceptors (Lipinski definition) is 3. The van der Waals surface area contributed by atoms with Crippen molar-refractivity contribution < 1.29 is 14.4 Å². The largest absolute Gasteiger partial charge is 0.360 e. The summed E-state index contributed by atoms with van der Waals surface area (Å²) in [5.74, 6) is -1.12. The van der Waals surface area contributed by atoms with Crippen LogP contribution in [-0.4, -0.2) is 58.6 Å². The Labute approximate surface area is 170 Å². The Balaban J connectivity index is 1.44. The van der Waals surface area contributed by atoms with Crippen molar-refractivity contribution in [2.75, 3.05) is 26.2 Å². The summed E-state index contributed by atoms with van der Waals surface area (Å²) in [4.78, 5) is 44.3. The Morgan fingerprint density at radius 2 is 1.57 bits per heavy atom. The van der Waals surface area contributed by atoms with E-state index >= 15 is 0 Å². The van der Waals surface area contributed by atoms with Crippen molar-refractivity contribution in [3.05, 3.63) is 70.3 Å². The summed E-state index contributed by atoms with van der Waals surface area (Å²) in [5.41, 5.74) is 1.80. The quantitative estimate of drug-likeness (QED) is 0.503. The van der Waals surface area contributed by atoms with Crippen LogP contribution in [0.5, 0.6) is 0 Å². The molecule has 2 aromatic carbocycles. The monoisotopic (exact) mass is 439 g/mol. The minimum Gasteiger partial charge on any atom is -0.360 e. The normalized spacial score (nSPS) is 14.3. The summed E-state index contributed by atoms with van der Waals surface area (Å²) >= 11 is 3.40. The first-order valence-electron chi connectivity index (χ1n) is 8.99. The third-order valence-corrected chi connectivity index (χ3v) is 5.45. The molecule has 28 heavy (non-hydrogen) atoms. The lowest BCUT2D eigenvalue weighted by Crippen LogP contribution is -2.52. The minimum atomic E-state index is -0.535. The molecule has 0 saturated carbocycles. The lowest BCUT2D eigenvalue weighted by Gasteiger charge is -2.34. The lowest BCUT2D eigenvalue weighted by molar-refractivity contribution is -0.127. The number of carbonyl (C=O) groups excluding carboxylic acids is 3. The fraction of sp³-hybridized carbons (Fsp3) is 0.190. The zero-order chi connectivity index (χ0) is 19.7. The number of hydrogen-bond donors (Lipinski definition) is 1. The summed E-state index contributed by atoms with van der Waals surface area (Å²) in [6, 6.07) is 14.6. The molecular formula is C21H18BrN3O3. The van der Waals surface area contributed by atoms with Gasteiger partial charge in [0.05, 0.1) is 5.56 Å². The van der Waals surface area contributed by atoms with E-state index < -0.39 is 11.7 Å². The first-order valence-corrected chi connectivity index (χ1v) is 9.78. The average Bonchev–Trinajstić information content (AvgIpc) is 3.16. The zero-order valence-electron chi connectivity index (χ0n) is 15.0. The number of piperazine rings is 1. The van der Waals surface area contributed by atoms with Crippen LogP contribution in [0.15, 0.2) is 59.2 Å². The number of halogens is 1. The smallest absolute Gasteiger partial charge is 0.295 e. The van der Waals surface area contributed by atoms with Crippen molar-refractivity contribution in [2.24, 2.45) is 0 Å². The molecule has 7 heteroatoms. The lowest BCUT2D eigenvalue weighted by atomic mass is 10.1. The van der Waals surface area contributed by atoms with Crippen LogP contribution in [0.1, 0.15) is 20.7 Å². The fourth-order valence-electron chi connectivity index (χ4n) is 3.42. The molecular weight excluding hydrogens is 422 g/mol. The molecule has 0 radical (unpaired) electrons. The van der Waals surface area contributed by atoms with E-state index in [0.717, 1.165) is 9.99 Å². The van der Waals surface area contributed by atoms with Crippen LogP contribution in [0.3, 0.4) is 0 Å². The van der Waals surface area contributed by atoms with E-state index in [0.29, 0.717) is 42.7 Å². The van der Waals surface area contributed by atoms with Crippen molar-refractivity contribution in [1.82, 2.24) is 14.8 Å². The van der Waals surface area contributed by atoms with Gasteiger partial charge in [-0.25, -0.2) is 0 Å². The number of aromatic amines is 1. The van der Waals surface area contributed by atoms with Gasteiger partial charge in [-0.05, 0) is 30.3 Å². The number of nitrogens with one attached hydrogen (secondary N) is 1. The third kappa shape index (κ3) is 3.45. The van der Waals surface area contributed by atoms with Gasteiger partial charge in [0.2, 0.25) is 0 Å². The van der Waals surface area contributed by atoms with E-state index in [1.54, 1.807) is 23.2 Å². The molecule has 2 heterocycles. The summed E-state index contributed by atoms with van der Waals surface area (Å²) in [7, 11) is 0. The molecule has 1 aromatic heterocycles. The number of H-pyrrole nitrogens is 1. The second-order valence-corrected chi connectivity index (χ2v) is 7.59. The van der Waals surface area contributed by atoms with Crippen LogP contribution in [0, 0.1) is 0 Å². The zero-order valence-corrected chi connectivity index (χ0v) is 16.6. The predicted molar refractivity (Wildman–Crippen MR) is 109 cm³/mol. The highest BCUT2D eigenvalue weighted by Crippen LogP contribution is 2.23. The number of rotatable bonds is 3. The Morgan fingerprint density at radius 1 is 0.893 bits per heavy atom. The van der Waals surface area contributed by atoms with Gasteiger partial charge in [-0.1, -0.05) is 34.1 Å². The van der Waals surface area contributed by atoms with E-state index in [4.69, 9.17) is 0 Å². The van der Waals surface area contributed by atoms with E-state index in [2.05, 4.69) is 20.9 Å². The highest BCUT2D eigenvalue weighted by atomic mass is 79.9. The molecule has 0 unspecified atom stereocenters. The molecule has 0 atom stereocenters. The molecule has 3 aromatic rings. The van der Waals surface area contributed by atoms with Crippen molar-refractivity contribution in [3.63, 3.8) is 0 Å². The van der Waals surface area contributed by atoms with Crippen LogP contribution in [0.25, 0.3) is 10.9 Å². The maximum atomic E-state index is 12.8. The summed E-state index contributed by atoms with van der Waals surface area (Å²) in [6.45, 7) is 1.50. The van der Waals surface area contributed by atoms with Crippen LogP contribution >= 0.6 is 15.9 Å². The van der Waals surface area contributed by atoms with Gasteiger partial charge >= 0.3 is 0 Å². The second-order valence-electron chi connectivity index (χ2n) is 6.67. The van der Waals surface area contributed by atoms with Gasteiger partial charge < -0.3 is 14.8 Å². The number of ketones is 1. The van der Waals surface area contributed by atoms with E-state index in [1.807, 2.05) is 36.4 Å². The standard InChI is InChI=1S/C21H18BrN3O3/c22-15-6-7-18-16(12-15)17(13-23-18)19(26)21(28)25-10-8-24(9-11-25)20(27)14-4-2-1-3-5-14/h1-7,12-13,23H,8-11H2. The van der Waals surface area contributed by atoms with Gasteiger partial charge in [0.25, 0.3) is 17.6 Å². The number of benzene rings is 2. The van der Waals surface area contributed by atoms with Gasteiger partial charge in [-0.15, -0.1) is 0 Å². The maximum Gasteiger partial charge on any atom is 0.295 e. The van der Waals surface area contributed by atoms with Crippen LogP contribution in [0.2, 0.25) is 0 Å². The predicted octanol–water partition coefficient (Wildman–Crippen LogP) is 3.10. The molecule has 4 rings (SSSR count). The number of fused-ring (bicyclic) bond motifs is 1. The summed E-state index contributed by atoms with van der Waals surface area (Å²) in [6.07, 6.45) is 1.58. The maximum absolute atomic E-state index is 12.8. The van der Waals surface area contributed by atoms with Gasteiger partial charge in [-0.3, -0.25) is 14.4 Å². The van der Waals surface area contributed by atoms with Crippen LogP contribution in [0.4, 0.5) is 0 Å². The van der Waals surface area contributed by atoms with Gasteiger partial charge in [-0.2, -0.15) is 0 Å². The minimum absolute atomic E-state index is 0.0551. The van der Waals surface area contributed by atoms with Crippen molar-refractivity contribution in [3.8, 4) is 0 Å². The van der Waals surface area contributed by atoms with Crippen molar-refractivity contribution in [1.29, 1.82) is 0 Å². The summed E-state index contributed by atoms with van der Waals surface area (Å²) < 4.78 is 0.842. The molecule has 1 saturated heterocycles. The third-order valence-electron chi connectivity index (χ3n) is 4.96. The highest BCUT2D eigenvalue weighted by molar-refractivity contribution is 9.10. The number of Topliss-reactive ketones (excluding diaryl/α,β-unsaturated/α-hetero) is 1. The number of carbonyl (C=O) groups is 3. The number of amides is 2. The van der Waals surface area contributed by atoms with E-state index in [1.165, 1.54) is 4.90 Å². The Morgan fingerprint density at radius 3 is 2.29 bits per heavy atom. The van der Waals surface area contributed by atoms with Gasteiger partial charge in [0, 0.05) is 53.3 Å². The van der Waals surface area contributed by atoms with E-state index in [-0.39, 0.29) is 5.91 Å². The molecule has 1 aliphatic heterocycles. The molecule has 0 spiro atoms. The average molecular weight is 440 g/mol. The molecule has 1 fully saturated rings. The fourth-order valence-corrected chi connectivity index (χ4v) is 3.78. The Hall–Kier alpha value is -2.93. The molecule has 6 nitrogen and oxygen atoms in total. The first kappa shape index (κ1) is 18.4. The number of nitrogens with zero attached hydrogens (tertiary/aromatic N) is 2. The van der Waals surface area contributed by atoms with Crippen LogP contribution in [-0.2, 0) is 4.79 Å². The van der Waals surface area contributed by atoms with Crippen molar-refractivity contribution >= 4 is 44.4 Å². The van der Waals surface area contributed by atoms with E-state index in [9.17, 15) is 14.4 Å². The van der Waals surface area contributed by atoms with Gasteiger partial charge in [0.15, 0.2) is 0 Å². The molecule has 1 N–H and O–H groups in total. The number of aromatic nitrogens is 1. The SMILES string of the molecule is O=C(C(=O)N1CCN(C(=O)c2ccccc2)CC1)c1c[nH]c2ccc(Br)cc12. The second kappa shape index (κ2) is 7.59. The first-order chi connectivity index (χ1) is 13.5. The summed E-state index contributed by atoms with van der Waals surface area (Å²) in [5, 5.41) is 0.714. The molecule has 0 aliphatic carbocycles. The molecule has 1 aliphatic rings. The highest BCUT2D eigenvalue weighted by Gasteiger charge is 2.30. The van der Waals surface area contributed by atoms with Crippen LogP contribution < -0.4 is 0 Å². The Bertz CT molecular complexity index is 1050. The Kier molecular flexibility index (Phi) is 5.00. The molecule has 0 bridgehead atoms.